The van der Waals surface area contributed by atoms with Crippen molar-refractivity contribution in [1.29, 1.82) is 0 Å². The topological polar surface area (TPSA) is 29.4 Å². The molecule has 1 unspecified atom stereocenters. The summed E-state index contributed by atoms with van der Waals surface area (Å²) in [5.74, 6) is 0.969. The highest BCUT2D eigenvalue weighted by Crippen LogP contribution is 2.28. The lowest BCUT2D eigenvalue weighted by atomic mass is 10.1. The van der Waals surface area contributed by atoms with Gasteiger partial charge in [-0.05, 0) is 23.1 Å². The number of nitrogens with zero attached hydrogens (tertiary/aromatic N) is 1. The minimum absolute atomic E-state index is 0.179. The van der Waals surface area contributed by atoms with Crippen molar-refractivity contribution in [2.75, 3.05) is 5.75 Å². The highest BCUT2D eigenvalue weighted by Gasteiger charge is 2.27. The monoisotopic (exact) mass is 251 g/mol. The maximum atomic E-state index is 11.7. The fourth-order valence-electron chi connectivity index (χ4n) is 1.52. The van der Waals surface area contributed by atoms with Gasteiger partial charge in [-0.3, -0.25) is 9.79 Å². The molecule has 1 aliphatic heterocycles. The second-order valence-electron chi connectivity index (χ2n) is 3.45. The number of hydrogen-bond acceptors (Lipinski definition) is 4. The van der Waals surface area contributed by atoms with Gasteiger partial charge in [0.2, 0.25) is 5.12 Å². The van der Waals surface area contributed by atoms with E-state index in [9.17, 15) is 4.79 Å². The maximum absolute atomic E-state index is 11.7. The molecule has 0 bridgehead atoms. The third kappa shape index (κ3) is 2.89. The maximum Gasteiger partial charge on any atom is 0.220 e. The van der Waals surface area contributed by atoms with Crippen LogP contribution in [0.4, 0.5) is 0 Å². The zero-order chi connectivity index (χ0) is 11.4. The van der Waals surface area contributed by atoms with Crippen LogP contribution in [-0.2, 0) is 11.2 Å². The van der Waals surface area contributed by atoms with Crippen molar-refractivity contribution in [3.63, 3.8) is 0 Å². The van der Waals surface area contributed by atoms with Crippen LogP contribution in [0.2, 0.25) is 0 Å². The normalized spacial score (nSPS) is 19.9. The van der Waals surface area contributed by atoms with Crippen molar-refractivity contribution in [3.8, 4) is 0 Å². The summed E-state index contributed by atoms with van der Waals surface area (Å²) in [6.45, 7) is 2.07. The van der Waals surface area contributed by atoms with Crippen molar-refractivity contribution in [3.05, 3.63) is 35.9 Å². The Kier molecular flexibility index (Phi) is 4.07. The van der Waals surface area contributed by atoms with E-state index in [0.717, 1.165) is 16.5 Å². The second-order valence-corrected chi connectivity index (χ2v) is 5.96. The van der Waals surface area contributed by atoms with Gasteiger partial charge in [-0.2, -0.15) is 0 Å². The summed E-state index contributed by atoms with van der Waals surface area (Å²) in [6, 6.07) is 9.87. The number of thioether (sulfide) groups is 2. The Morgan fingerprint density at radius 1 is 1.38 bits per heavy atom. The van der Waals surface area contributed by atoms with E-state index in [0.29, 0.717) is 0 Å². The zero-order valence-corrected chi connectivity index (χ0v) is 10.7. The van der Waals surface area contributed by atoms with Crippen LogP contribution < -0.4 is 0 Å². The van der Waals surface area contributed by atoms with Crippen molar-refractivity contribution in [2.24, 2.45) is 4.99 Å². The predicted octanol–water partition coefficient (Wildman–Crippen LogP) is 2.98. The largest absolute Gasteiger partial charge is 0.284 e. The molecule has 0 spiro atoms. The zero-order valence-electron chi connectivity index (χ0n) is 9.05. The average molecular weight is 251 g/mol. The summed E-state index contributed by atoms with van der Waals surface area (Å²) < 4.78 is 0.924. The minimum Gasteiger partial charge on any atom is -0.284 e. The number of aliphatic imine (C=N–C) groups is 1. The Morgan fingerprint density at radius 3 is 2.81 bits per heavy atom. The first-order valence-electron chi connectivity index (χ1n) is 5.26. The van der Waals surface area contributed by atoms with Gasteiger partial charge in [-0.15, -0.1) is 0 Å². The second kappa shape index (κ2) is 5.55. The standard InChI is InChI=1S/C12H13NOS2/c1-2-15-12-13-10(11(14)16-12)8-9-6-4-3-5-7-9/h3-7,10H,2,8H2,1H3. The van der Waals surface area contributed by atoms with Gasteiger partial charge in [0, 0.05) is 6.42 Å². The van der Waals surface area contributed by atoms with Gasteiger partial charge in [-0.1, -0.05) is 49.0 Å². The first kappa shape index (κ1) is 11.7. The molecule has 1 aliphatic rings. The molecule has 2 rings (SSSR count). The van der Waals surface area contributed by atoms with Crippen LogP contribution in [0.5, 0.6) is 0 Å². The Balaban J connectivity index is 2.03. The van der Waals surface area contributed by atoms with Gasteiger partial charge in [-0.25, -0.2) is 0 Å². The number of carbonyl (C=O) groups excluding carboxylic acids is 1. The Labute approximate surface area is 104 Å². The summed E-state index contributed by atoms with van der Waals surface area (Å²) in [6.07, 6.45) is 0.723. The smallest absolute Gasteiger partial charge is 0.220 e. The van der Waals surface area contributed by atoms with Crippen molar-refractivity contribution >= 4 is 33.0 Å². The van der Waals surface area contributed by atoms with E-state index in [1.165, 1.54) is 17.3 Å². The van der Waals surface area contributed by atoms with Crippen molar-refractivity contribution < 1.29 is 4.79 Å². The number of rotatable bonds is 3. The van der Waals surface area contributed by atoms with Crippen LogP contribution in [0.3, 0.4) is 0 Å². The third-order valence-electron chi connectivity index (χ3n) is 2.26. The van der Waals surface area contributed by atoms with Gasteiger partial charge in [0.15, 0.2) is 0 Å². The van der Waals surface area contributed by atoms with Crippen LogP contribution >= 0.6 is 23.5 Å². The molecule has 0 fully saturated rings. The summed E-state index contributed by atoms with van der Waals surface area (Å²) in [5.41, 5.74) is 1.17. The summed E-state index contributed by atoms with van der Waals surface area (Å²) in [7, 11) is 0. The summed E-state index contributed by atoms with van der Waals surface area (Å²) in [5, 5.41) is 0.180. The summed E-state index contributed by atoms with van der Waals surface area (Å²) >= 11 is 2.94. The highest BCUT2D eigenvalue weighted by molar-refractivity contribution is 8.45. The average Bonchev–Trinajstić information content (AvgIpc) is 2.61. The number of benzene rings is 1. The molecule has 0 saturated carbocycles. The molecule has 1 aromatic rings. The molecule has 84 valence electrons. The Morgan fingerprint density at radius 2 is 2.12 bits per heavy atom. The van der Waals surface area contributed by atoms with Gasteiger partial charge in [0.05, 0.1) is 0 Å². The molecule has 4 heteroatoms. The van der Waals surface area contributed by atoms with Crippen LogP contribution in [0.1, 0.15) is 12.5 Å². The van der Waals surface area contributed by atoms with Crippen molar-refractivity contribution in [2.45, 2.75) is 19.4 Å². The fraction of sp³-hybridized carbons (Fsp3) is 0.333. The quantitative estimate of drug-likeness (QED) is 0.827. The van der Waals surface area contributed by atoms with Gasteiger partial charge in [0.25, 0.3) is 0 Å². The molecule has 0 aliphatic carbocycles. The van der Waals surface area contributed by atoms with E-state index in [1.807, 2.05) is 30.3 Å². The molecule has 1 aromatic carbocycles. The molecule has 1 heterocycles. The van der Waals surface area contributed by atoms with E-state index in [4.69, 9.17) is 0 Å². The van der Waals surface area contributed by atoms with Gasteiger partial charge in [0.1, 0.15) is 10.4 Å². The molecule has 2 nitrogen and oxygen atoms in total. The van der Waals surface area contributed by atoms with E-state index >= 15 is 0 Å². The molecule has 16 heavy (non-hydrogen) atoms. The Hall–Kier alpha value is -0.740. The van der Waals surface area contributed by atoms with E-state index in [-0.39, 0.29) is 11.2 Å². The fourth-order valence-corrected chi connectivity index (χ4v) is 3.43. The van der Waals surface area contributed by atoms with Crippen LogP contribution in [0.15, 0.2) is 35.3 Å². The molecule has 0 saturated heterocycles. The minimum atomic E-state index is -0.179. The van der Waals surface area contributed by atoms with Crippen molar-refractivity contribution in [1.82, 2.24) is 0 Å². The molecular weight excluding hydrogens is 238 g/mol. The van der Waals surface area contributed by atoms with Crippen LogP contribution in [0.25, 0.3) is 0 Å². The lowest BCUT2D eigenvalue weighted by molar-refractivity contribution is -0.111. The highest BCUT2D eigenvalue weighted by atomic mass is 32.2. The van der Waals surface area contributed by atoms with Gasteiger partial charge >= 0.3 is 0 Å². The number of hydrogen-bond donors (Lipinski definition) is 0. The number of carbonyl (C=O) groups is 1. The molecule has 0 radical (unpaired) electrons. The molecule has 0 aromatic heterocycles. The lowest BCUT2D eigenvalue weighted by Crippen LogP contribution is -2.13. The lowest BCUT2D eigenvalue weighted by Gasteiger charge is -2.03. The van der Waals surface area contributed by atoms with Crippen LogP contribution in [0, 0.1) is 0 Å². The molecule has 0 amide bonds. The Bertz CT molecular complexity index is 403. The van der Waals surface area contributed by atoms with Gasteiger partial charge < -0.3 is 0 Å². The molecule has 0 N–H and O–H groups in total. The summed E-state index contributed by atoms with van der Waals surface area (Å²) in [4.78, 5) is 16.1. The van der Waals surface area contributed by atoms with Crippen LogP contribution in [-0.4, -0.2) is 21.3 Å². The first-order chi connectivity index (χ1) is 7.79. The third-order valence-corrected chi connectivity index (χ3v) is 4.26. The SMILES string of the molecule is CCSC1=NC(Cc2ccccc2)C(=O)S1. The predicted molar refractivity (Wildman–Crippen MR) is 72.1 cm³/mol. The van der Waals surface area contributed by atoms with E-state index in [1.54, 1.807) is 11.8 Å². The molecular formula is C12H13NOS2. The van der Waals surface area contributed by atoms with E-state index in [2.05, 4.69) is 11.9 Å². The first-order valence-corrected chi connectivity index (χ1v) is 7.06. The molecule has 1 atom stereocenters. The van der Waals surface area contributed by atoms with E-state index < -0.39 is 0 Å².